The average Bonchev–Trinajstić information content (AvgIpc) is 3.12. The first-order chi connectivity index (χ1) is 8.60. The van der Waals surface area contributed by atoms with Crippen LogP contribution < -0.4 is 5.32 Å². The van der Waals surface area contributed by atoms with Gasteiger partial charge in [0.25, 0.3) is 0 Å². The number of carbonyl (C=O) groups is 1. The van der Waals surface area contributed by atoms with Gasteiger partial charge in [-0.15, -0.1) is 0 Å². The fourth-order valence-corrected chi connectivity index (χ4v) is 1.97. The lowest BCUT2D eigenvalue weighted by molar-refractivity contribution is -0.138. The Balaban J connectivity index is 2.17. The lowest BCUT2D eigenvalue weighted by Gasteiger charge is -2.16. The van der Waals surface area contributed by atoms with E-state index in [0.29, 0.717) is 23.6 Å². The minimum Gasteiger partial charge on any atom is -0.480 e. The highest BCUT2D eigenvalue weighted by Crippen LogP contribution is 2.34. The number of aliphatic carboxylic acids is 1. The van der Waals surface area contributed by atoms with Crippen LogP contribution >= 0.6 is 0 Å². The molecule has 1 aliphatic carbocycles. The third-order valence-corrected chi connectivity index (χ3v) is 3.19. The topological polar surface area (TPSA) is 73.1 Å². The van der Waals surface area contributed by atoms with E-state index >= 15 is 0 Å². The largest absolute Gasteiger partial charge is 0.480 e. The summed E-state index contributed by atoms with van der Waals surface area (Å²) in [6.45, 7) is 1.92. The van der Waals surface area contributed by atoms with Gasteiger partial charge in [-0.05, 0) is 37.0 Å². The van der Waals surface area contributed by atoms with Gasteiger partial charge in [0, 0.05) is 0 Å². The first-order valence-corrected chi connectivity index (χ1v) is 6.10. The van der Waals surface area contributed by atoms with Crippen LogP contribution in [0.1, 0.15) is 30.4 Å². The first kappa shape index (κ1) is 12.4. The molecule has 0 amide bonds. The number of benzene rings is 1. The molecule has 0 saturated heterocycles. The molecule has 2 rings (SSSR count). The zero-order valence-corrected chi connectivity index (χ0v) is 10.3. The Hall–Kier alpha value is -2.02. The van der Waals surface area contributed by atoms with E-state index in [1.165, 1.54) is 0 Å². The molecule has 0 bridgehead atoms. The molecule has 0 radical (unpaired) electrons. The summed E-state index contributed by atoms with van der Waals surface area (Å²) < 4.78 is 0. The van der Waals surface area contributed by atoms with Crippen LogP contribution in [0.2, 0.25) is 0 Å². The van der Waals surface area contributed by atoms with Gasteiger partial charge in [0.1, 0.15) is 12.1 Å². The molecule has 4 nitrogen and oxygen atoms in total. The summed E-state index contributed by atoms with van der Waals surface area (Å²) in [5.74, 6) is -0.332. The fraction of sp³-hybridized carbons (Fsp3) is 0.429. The molecule has 2 N–H and O–H groups in total. The van der Waals surface area contributed by atoms with Gasteiger partial charge in [-0.2, -0.15) is 5.26 Å². The SMILES string of the molecule is Cc1ccc(C#N)c(NC(CC2CC2)C(=O)O)c1. The van der Waals surface area contributed by atoms with Crippen LogP contribution in [0.15, 0.2) is 18.2 Å². The van der Waals surface area contributed by atoms with Crippen LogP contribution in [-0.4, -0.2) is 17.1 Å². The maximum Gasteiger partial charge on any atom is 0.326 e. The zero-order chi connectivity index (χ0) is 13.1. The molecule has 4 heteroatoms. The summed E-state index contributed by atoms with van der Waals surface area (Å²) in [5, 5.41) is 21.2. The number of rotatable bonds is 5. The van der Waals surface area contributed by atoms with Crippen LogP contribution in [0.4, 0.5) is 5.69 Å². The second-order valence-corrected chi connectivity index (χ2v) is 4.88. The highest BCUT2D eigenvalue weighted by Gasteiger charge is 2.29. The average molecular weight is 244 g/mol. The monoisotopic (exact) mass is 244 g/mol. The standard InChI is InChI=1S/C14H16N2O2/c1-9-2-5-11(8-15)12(6-9)16-13(14(17)18)7-10-3-4-10/h2,5-6,10,13,16H,3-4,7H2,1H3,(H,17,18). The van der Waals surface area contributed by atoms with E-state index < -0.39 is 12.0 Å². The van der Waals surface area contributed by atoms with Crippen LogP contribution in [0, 0.1) is 24.2 Å². The molecule has 1 unspecified atom stereocenters. The molecule has 0 spiro atoms. The van der Waals surface area contributed by atoms with Crippen molar-refractivity contribution in [1.29, 1.82) is 5.26 Å². The van der Waals surface area contributed by atoms with Crippen molar-refractivity contribution in [2.45, 2.75) is 32.2 Å². The number of carboxylic acid groups (broad SMARTS) is 1. The van der Waals surface area contributed by atoms with E-state index in [0.717, 1.165) is 18.4 Å². The molecule has 0 aliphatic heterocycles. The van der Waals surface area contributed by atoms with Gasteiger partial charge in [-0.3, -0.25) is 0 Å². The zero-order valence-electron chi connectivity index (χ0n) is 10.3. The maximum atomic E-state index is 11.2. The van der Waals surface area contributed by atoms with E-state index in [9.17, 15) is 9.90 Å². The molecule has 1 fully saturated rings. The molecule has 1 aliphatic rings. The highest BCUT2D eigenvalue weighted by molar-refractivity contribution is 5.78. The number of carboxylic acids is 1. The summed E-state index contributed by atoms with van der Waals surface area (Å²) in [6, 6.07) is 6.86. The van der Waals surface area contributed by atoms with E-state index in [-0.39, 0.29) is 0 Å². The van der Waals surface area contributed by atoms with E-state index in [2.05, 4.69) is 11.4 Å². The van der Waals surface area contributed by atoms with Gasteiger partial charge in [0.05, 0.1) is 11.3 Å². The Labute approximate surface area is 106 Å². The Morgan fingerprint density at radius 3 is 2.89 bits per heavy atom. The van der Waals surface area contributed by atoms with Gasteiger partial charge >= 0.3 is 5.97 Å². The Bertz CT molecular complexity index is 501. The smallest absolute Gasteiger partial charge is 0.326 e. The number of anilines is 1. The van der Waals surface area contributed by atoms with Gasteiger partial charge in [0.2, 0.25) is 0 Å². The number of aryl methyl sites for hydroxylation is 1. The minimum atomic E-state index is -0.854. The lowest BCUT2D eigenvalue weighted by Crippen LogP contribution is -2.30. The predicted octanol–water partition coefficient (Wildman–Crippen LogP) is 2.53. The van der Waals surface area contributed by atoms with Crippen LogP contribution in [-0.2, 0) is 4.79 Å². The van der Waals surface area contributed by atoms with Crippen molar-refractivity contribution in [3.8, 4) is 6.07 Å². The van der Waals surface area contributed by atoms with Crippen LogP contribution in [0.3, 0.4) is 0 Å². The number of hydrogen-bond donors (Lipinski definition) is 2. The summed E-state index contributed by atoms with van der Waals surface area (Å²) >= 11 is 0. The molecule has 0 aromatic heterocycles. The highest BCUT2D eigenvalue weighted by atomic mass is 16.4. The summed E-state index contributed by atoms with van der Waals surface area (Å²) in [4.78, 5) is 11.2. The van der Waals surface area contributed by atoms with E-state index in [1.807, 2.05) is 19.1 Å². The van der Waals surface area contributed by atoms with E-state index in [4.69, 9.17) is 5.26 Å². The van der Waals surface area contributed by atoms with Crippen molar-refractivity contribution in [3.63, 3.8) is 0 Å². The molecular formula is C14H16N2O2. The van der Waals surface area contributed by atoms with Crippen molar-refractivity contribution < 1.29 is 9.90 Å². The first-order valence-electron chi connectivity index (χ1n) is 6.10. The second-order valence-electron chi connectivity index (χ2n) is 4.88. The molecule has 1 aromatic rings. The van der Waals surface area contributed by atoms with Gasteiger partial charge in [-0.25, -0.2) is 4.79 Å². The van der Waals surface area contributed by atoms with Crippen molar-refractivity contribution in [2.75, 3.05) is 5.32 Å². The second kappa shape index (κ2) is 5.09. The van der Waals surface area contributed by atoms with Crippen molar-refractivity contribution in [3.05, 3.63) is 29.3 Å². The quantitative estimate of drug-likeness (QED) is 0.834. The lowest BCUT2D eigenvalue weighted by atomic mass is 10.1. The van der Waals surface area contributed by atoms with Crippen LogP contribution in [0.25, 0.3) is 0 Å². The van der Waals surface area contributed by atoms with Gasteiger partial charge in [-0.1, -0.05) is 18.9 Å². The molecule has 1 atom stereocenters. The molecule has 94 valence electrons. The fourth-order valence-electron chi connectivity index (χ4n) is 1.97. The Morgan fingerprint density at radius 1 is 1.61 bits per heavy atom. The molecule has 1 saturated carbocycles. The number of nitriles is 1. The molecular weight excluding hydrogens is 228 g/mol. The number of nitrogens with zero attached hydrogens (tertiary/aromatic N) is 1. The summed E-state index contributed by atoms with van der Waals surface area (Å²) in [7, 11) is 0. The summed E-state index contributed by atoms with van der Waals surface area (Å²) in [6.07, 6.45) is 2.86. The molecule has 18 heavy (non-hydrogen) atoms. The predicted molar refractivity (Wildman–Crippen MR) is 68.3 cm³/mol. The van der Waals surface area contributed by atoms with Gasteiger partial charge in [0.15, 0.2) is 0 Å². The molecule has 1 aromatic carbocycles. The van der Waals surface area contributed by atoms with Crippen molar-refractivity contribution in [1.82, 2.24) is 0 Å². The van der Waals surface area contributed by atoms with Crippen LogP contribution in [0.5, 0.6) is 0 Å². The summed E-state index contributed by atoms with van der Waals surface area (Å²) in [5.41, 5.74) is 2.11. The minimum absolute atomic E-state index is 0.489. The van der Waals surface area contributed by atoms with E-state index in [1.54, 1.807) is 6.07 Å². The third kappa shape index (κ3) is 3.01. The molecule has 0 heterocycles. The number of nitrogens with one attached hydrogen (secondary N) is 1. The normalized spacial score (nSPS) is 15.8. The number of hydrogen-bond acceptors (Lipinski definition) is 3. The Morgan fingerprint density at radius 2 is 2.33 bits per heavy atom. The van der Waals surface area contributed by atoms with Crippen molar-refractivity contribution >= 4 is 11.7 Å². The Kier molecular flexibility index (Phi) is 3.52. The maximum absolute atomic E-state index is 11.2. The van der Waals surface area contributed by atoms with Gasteiger partial charge < -0.3 is 10.4 Å². The third-order valence-electron chi connectivity index (χ3n) is 3.19. The van der Waals surface area contributed by atoms with Crippen molar-refractivity contribution in [2.24, 2.45) is 5.92 Å².